The average Bonchev–Trinajstić information content (AvgIpc) is 3.26. The van der Waals surface area contributed by atoms with Gasteiger partial charge >= 0.3 is 0 Å². The van der Waals surface area contributed by atoms with Crippen LogP contribution in [0.25, 0.3) is 0 Å². The Hall–Kier alpha value is -1.38. The van der Waals surface area contributed by atoms with Gasteiger partial charge in [-0.25, -0.2) is 4.58 Å². The molecule has 0 spiro atoms. The molecule has 3 heteroatoms. The van der Waals surface area contributed by atoms with Gasteiger partial charge in [-0.1, -0.05) is 0 Å². The molecule has 0 radical (unpaired) electrons. The van der Waals surface area contributed by atoms with E-state index in [-0.39, 0.29) is 0 Å². The lowest BCUT2D eigenvalue weighted by molar-refractivity contribution is -0.506. The van der Waals surface area contributed by atoms with Crippen LogP contribution in [-0.2, 0) is 4.79 Å². The fourth-order valence-corrected chi connectivity index (χ4v) is 4.76. The zero-order valence-electron chi connectivity index (χ0n) is 13.5. The summed E-state index contributed by atoms with van der Waals surface area (Å²) < 4.78 is 2.48. The Morgan fingerprint density at radius 1 is 1.05 bits per heavy atom. The lowest BCUT2D eigenvalue weighted by Gasteiger charge is -2.33. The predicted octanol–water partition coefficient (Wildman–Crippen LogP) is 2.91. The van der Waals surface area contributed by atoms with Crippen molar-refractivity contribution in [3.8, 4) is 0 Å². The second-order valence-electron chi connectivity index (χ2n) is 7.23. The third kappa shape index (κ3) is 2.45. The number of allylic oxidation sites excluding steroid dienone is 4. The van der Waals surface area contributed by atoms with Gasteiger partial charge in [0, 0.05) is 38.0 Å². The number of aldehydes is 1. The number of hydrogen-bond donors (Lipinski definition) is 0. The Morgan fingerprint density at radius 2 is 1.77 bits per heavy atom. The van der Waals surface area contributed by atoms with Gasteiger partial charge in [0.1, 0.15) is 13.1 Å². The van der Waals surface area contributed by atoms with E-state index in [9.17, 15) is 4.79 Å². The van der Waals surface area contributed by atoms with Crippen molar-refractivity contribution in [3.05, 3.63) is 22.9 Å². The van der Waals surface area contributed by atoms with Crippen molar-refractivity contribution >= 4 is 12.0 Å². The van der Waals surface area contributed by atoms with Gasteiger partial charge in [0.2, 0.25) is 0 Å². The Labute approximate surface area is 133 Å². The summed E-state index contributed by atoms with van der Waals surface area (Å²) in [5.74, 6) is 0.623. The Kier molecular flexibility index (Phi) is 3.89. The van der Waals surface area contributed by atoms with Crippen LogP contribution in [0.2, 0.25) is 0 Å². The molecule has 4 rings (SSSR count). The fourth-order valence-electron chi connectivity index (χ4n) is 4.76. The van der Waals surface area contributed by atoms with Gasteiger partial charge in [0.25, 0.3) is 0 Å². The maximum Gasteiger partial charge on any atom is 0.186 e. The monoisotopic (exact) mass is 299 g/mol. The third-order valence-electron chi connectivity index (χ3n) is 5.98. The van der Waals surface area contributed by atoms with E-state index in [0.717, 1.165) is 31.4 Å². The molecule has 2 heterocycles. The second-order valence-corrected chi connectivity index (χ2v) is 7.23. The molecule has 0 bridgehead atoms. The van der Waals surface area contributed by atoms with Crippen LogP contribution < -0.4 is 0 Å². The van der Waals surface area contributed by atoms with Crippen LogP contribution in [0.4, 0.5) is 0 Å². The van der Waals surface area contributed by atoms with Crippen molar-refractivity contribution in [1.29, 1.82) is 0 Å². The van der Waals surface area contributed by atoms with Crippen molar-refractivity contribution in [2.24, 2.45) is 5.92 Å². The average molecular weight is 299 g/mol. The van der Waals surface area contributed by atoms with Crippen molar-refractivity contribution in [2.75, 3.05) is 26.2 Å². The van der Waals surface area contributed by atoms with Gasteiger partial charge in [-0.05, 0) is 49.7 Å². The minimum absolute atomic E-state index is 0.623. The summed E-state index contributed by atoms with van der Waals surface area (Å²) in [5.41, 5.74) is 5.23. The van der Waals surface area contributed by atoms with Crippen molar-refractivity contribution in [1.82, 2.24) is 4.90 Å². The highest BCUT2D eigenvalue weighted by Crippen LogP contribution is 2.39. The van der Waals surface area contributed by atoms with Gasteiger partial charge in [0.05, 0.1) is 5.57 Å². The topological polar surface area (TPSA) is 23.3 Å². The van der Waals surface area contributed by atoms with E-state index >= 15 is 0 Å². The molecule has 0 aromatic carbocycles. The first-order chi connectivity index (χ1) is 10.9. The molecule has 0 aromatic rings. The smallest absolute Gasteiger partial charge is 0.186 e. The Bertz CT molecular complexity index is 556. The standard InChI is InChI=1S/C19H27N2O/c22-14-18-17-13-16(20-9-1-2-10-20)7-5-15(17)6-8-19(18)21-11-3-4-12-21/h13-15H,1-12H2/q+1. The molecule has 0 aromatic heterocycles. The molecular weight excluding hydrogens is 272 g/mol. The highest BCUT2D eigenvalue weighted by Gasteiger charge is 2.34. The number of likely N-dealkylation sites (tertiary alicyclic amines) is 1. The number of hydrogen-bond acceptors (Lipinski definition) is 2. The molecule has 2 saturated heterocycles. The van der Waals surface area contributed by atoms with Crippen LogP contribution in [0.5, 0.6) is 0 Å². The number of carbonyl (C=O) groups is 1. The van der Waals surface area contributed by atoms with Crippen molar-refractivity contribution < 1.29 is 9.37 Å². The van der Waals surface area contributed by atoms with E-state index < -0.39 is 0 Å². The predicted molar refractivity (Wildman–Crippen MR) is 88.2 cm³/mol. The second kappa shape index (κ2) is 6.02. The number of rotatable bonds is 2. The van der Waals surface area contributed by atoms with E-state index in [2.05, 4.69) is 15.6 Å². The van der Waals surface area contributed by atoms with Crippen LogP contribution in [0.15, 0.2) is 22.9 Å². The summed E-state index contributed by atoms with van der Waals surface area (Å²) in [7, 11) is 0. The summed E-state index contributed by atoms with van der Waals surface area (Å²) in [4.78, 5) is 14.4. The SMILES string of the molecule is O=CC1=C2C=C(N3CCCC3)CCC2CCC1=[N+]1CCCC1. The largest absolute Gasteiger partial charge is 0.375 e. The lowest BCUT2D eigenvalue weighted by atomic mass is 9.76. The molecule has 2 aliphatic carbocycles. The van der Waals surface area contributed by atoms with Crippen LogP contribution in [0.1, 0.15) is 51.4 Å². The zero-order valence-corrected chi connectivity index (χ0v) is 13.5. The molecule has 22 heavy (non-hydrogen) atoms. The maximum absolute atomic E-state index is 11.9. The van der Waals surface area contributed by atoms with E-state index in [1.807, 2.05) is 0 Å². The molecule has 0 saturated carbocycles. The first-order valence-corrected chi connectivity index (χ1v) is 9.13. The van der Waals surface area contributed by atoms with Crippen LogP contribution in [0, 0.1) is 5.92 Å². The summed E-state index contributed by atoms with van der Waals surface area (Å²) in [5, 5.41) is 0. The van der Waals surface area contributed by atoms with Crippen molar-refractivity contribution in [3.63, 3.8) is 0 Å². The molecule has 4 aliphatic rings. The van der Waals surface area contributed by atoms with Crippen LogP contribution in [0.3, 0.4) is 0 Å². The van der Waals surface area contributed by atoms with Gasteiger partial charge in [-0.15, -0.1) is 0 Å². The quantitative estimate of drug-likeness (QED) is 0.578. The molecule has 0 amide bonds. The highest BCUT2D eigenvalue weighted by atomic mass is 16.1. The van der Waals surface area contributed by atoms with E-state index in [1.165, 1.54) is 75.0 Å². The minimum Gasteiger partial charge on any atom is -0.375 e. The van der Waals surface area contributed by atoms with Gasteiger partial charge < -0.3 is 4.90 Å². The van der Waals surface area contributed by atoms with E-state index in [4.69, 9.17) is 0 Å². The molecule has 118 valence electrons. The van der Waals surface area contributed by atoms with Gasteiger partial charge in [-0.2, -0.15) is 0 Å². The number of fused-ring (bicyclic) bond motifs is 1. The first-order valence-electron chi connectivity index (χ1n) is 9.13. The number of carbonyl (C=O) groups excluding carboxylic acids is 1. The molecule has 2 fully saturated rings. The number of nitrogens with zero attached hydrogens (tertiary/aromatic N) is 2. The summed E-state index contributed by atoms with van der Waals surface area (Å²) in [6.45, 7) is 4.71. The minimum atomic E-state index is 0.623. The Morgan fingerprint density at radius 3 is 2.50 bits per heavy atom. The molecular formula is C19H27N2O+. The summed E-state index contributed by atoms with van der Waals surface area (Å²) in [6.07, 6.45) is 13.5. The fraction of sp³-hybridized carbons (Fsp3) is 0.684. The molecule has 3 nitrogen and oxygen atoms in total. The molecule has 2 aliphatic heterocycles. The van der Waals surface area contributed by atoms with Crippen LogP contribution in [-0.4, -0.2) is 47.7 Å². The van der Waals surface area contributed by atoms with Gasteiger partial charge in [-0.3, -0.25) is 4.79 Å². The van der Waals surface area contributed by atoms with E-state index in [1.54, 1.807) is 0 Å². The zero-order chi connectivity index (χ0) is 14.9. The van der Waals surface area contributed by atoms with Gasteiger partial charge in [0.15, 0.2) is 12.0 Å². The van der Waals surface area contributed by atoms with Crippen LogP contribution >= 0.6 is 0 Å². The summed E-state index contributed by atoms with van der Waals surface area (Å²) >= 11 is 0. The van der Waals surface area contributed by atoms with Crippen molar-refractivity contribution in [2.45, 2.75) is 51.4 Å². The molecule has 0 N–H and O–H groups in total. The first kappa shape index (κ1) is 14.2. The summed E-state index contributed by atoms with van der Waals surface area (Å²) in [6, 6.07) is 0. The van der Waals surface area contributed by atoms with E-state index in [0.29, 0.717) is 5.92 Å². The molecule has 1 atom stereocenters. The normalized spacial score (nSPS) is 29.0. The molecule has 1 unspecified atom stereocenters. The lowest BCUT2D eigenvalue weighted by Crippen LogP contribution is -2.31. The maximum atomic E-state index is 11.9. The third-order valence-corrected chi connectivity index (χ3v) is 5.98. The Balaban J connectivity index is 1.74. The highest BCUT2D eigenvalue weighted by molar-refractivity contribution is 6.14.